The molecule has 2 heterocycles. The van der Waals surface area contributed by atoms with E-state index in [1.165, 1.54) is 11.3 Å². The number of nitrogens with zero attached hydrogens (tertiary/aromatic N) is 1. The molecule has 3 rings (SSSR count). The third-order valence-corrected chi connectivity index (χ3v) is 4.29. The molecule has 0 spiro atoms. The molecule has 6 heteroatoms. The number of anilines is 1. The number of fused-ring (bicyclic) bond motifs is 1. The van der Waals surface area contributed by atoms with Crippen LogP contribution in [0.25, 0.3) is 0 Å². The highest BCUT2D eigenvalue weighted by Gasteiger charge is 2.21. The average molecular weight is 301 g/mol. The molecule has 0 fully saturated rings. The minimum absolute atomic E-state index is 0.101. The number of carbonyl (C=O) groups is 2. The molecule has 2 amide bonds. The zero-order valence-electron chi connectivity index (χ0n) is 11.6. The van der Waals surface area contributed by atoms with Crippen LogP contribution < -0.4 is 10.6 Å². The first-order valence-corrected chi connectivity index (χ1v) is 7.61. The molecule has 2 aromatic rings. The lowest BCUT2D eigenvalue weighted by molar-refractivity contribution is 0.0958. The quantitative estimate of drug-likeness (QED) is 0.894. The summed E-state index contributed by atoms with van der Waals surface area (Å²) in [7, 11) is 0. The molecule has 0 radical (unpaired) electrons. The van der Waals surface area contributed by atoms with Crippen molar-refractivity contribution in [1.82, 2.24) is 10.3 Å². The number of hydrogen-bond acceptors (Lipinski definition) is 4. The van der Waals surface area contributed by atoms with Crippen LogP contribution in [0.2, 0.25) is 0 Å². The molecule has 0 atom stereocenters. The van der Waals surface area contributed by atoms with Crippen molar-refractivity contribution in [2.45, 2.75) is 19.8 Å². The number of rotatable bonds is 2. The fourth-order valence-electron chi connectivity index (χ4n) is 2.25. The van der Waals surface area contributed by atoms with Gasteiger partial charge in [-0.15, -0.1) is 0 Å². The van der Waals surface area contributed by atoms with E-state index in [4.69, 9.17) is 0 Å². The van der Waals surface area contributed by atoms with Crippen LogP contribution in [0.3, 0.4) is 0 Å². The Balaban J connectivity index is 1.81. The van der Waals surface area contributed by atoms with Gasteiger partial charge in [-0.2, -0.15) is 0 Å². The average Bonchev–Trinajstić information content (AvgIpc) is 2.78. The van der Waals surface area contributed by atoms with Crippen LogP contribution in [0.15, 0.2) is 24.3 Å². The predicted octanol–water partition coefficient (Wildman–Crippen LogP) is 2.38. The van der Waals surface area contributed by atoms with Crippen molar-refractivity contribution in [3.05, 3.63) is 46.0 Å². The van der Waals surface area contributed by atoms with E-state index >= 15 is 0 Å². The van der Waals surface area contributed by atoms with Crippen molar-refractivity contribution < 1.29 is 9.59 Å². The topological polar surface area (TPSA) is 71.1 Å². The summed E-state index contributed by atoms with van der Waals surface area (Å²) < 4.78 is 0. The first kappa shape index (κ1) is 13.8. The van der Waals surface area contributed by atoms with Crippen molar-refractivity contribution in [1.29, 1.82) is 0 Å². The molecule has 5 nitrogen and oxygen atoms in total. The van der Waals surface area contributed by atoms with E-state index in [0.717, 1.165) is 24.1 Å². The van der Waals surface area contributed by atoms with Gasteiger partial charge in [0.1, 0.15) is 4.88 Å². The van der Waals surface area contributed by atoms with Gasteiger partial charge in [0.15, 0.2) is 5.13 Å². The van der Waals surface area contributed by atoms with Crippen LogP contribution in [-0.2, 0) is 6.42 Å². The summed E-state index contributed by atoms with van der Waals surface area (Å²) in [5.41, 5.74) is 2.39. The number of aryl methyl sites for hydroxylation is 2. The molecule has 0 aliphatic carbocycles. The third kappa shape index (κ3) is 2.95. The first-order chi connectivity index (χ1) is 10.1. The molecular formula is C15H15N3O2S. The Bertz CT molecular complexity index is 709. The Kier molecular flexibility index (Phi) is 3.70. The lowest BCUT2D eigenvalue weighted by atomic mass is 10.1. The van der Waals surface area contributed by atoms with Gasteiger partial charge in [-0.1, -0.05) is 29.0 Å². The minimum atomic E-state index is -0.206. The summed E-state index contributed by atoms with van der Waals surface area (Å²) in [4.78, 5) is 29.0. The second-order valence-electron chi connectivity index (χ2n) is 4.98. The van der Waals surface area contributed by atoms with Crippen molar-refractivity contribution >= 4 is 28.3 Å². The van der Waals surface area contributed by atoms with Crippen LogP contribution >= 0.6 is 11.3 Å². The second kappa shape index (κ2) is 5.65. The van der Waals surface area contributed by atoms with Gasteiger partial charge in [0.25, 0.3) is 11.8 Å². The first-order valence-electron chi connectivity index (χ1n) is 6.79. The summed E-state index contributed by atoms with van der Waals surface area (Å²) in [6.45, 7) is 2.61. The maximum Gasteiger partial charge on any atom is 0.263 e. The molecule has 2 N–H and O–H groups in total. The van der Waals surface area contributed by atoms with Gasteiger partial charge < -0.3 is 5.32 Å². The summed E-state index contributed by atoms with van der Waals surface area (Å²) >= 11 is 1.23. The monoisotopic (exact) mass is 301 g/mol. The van der Waals surface area contributed by atoms with E-state index in [1.807, 2.05) is 25.1 Å². The normalized spacial score (nSPS) is 14.0. The Labute approximate surface area is 126 Å². The molecule has 1 aliphatic heterocycles. The molecule has 1 aromatic heterocycles. The van der Waals surface area contributed by atoms with E-state index in [-0.39, 0.29) is 11.8 Å². The Morgan fingerprint density at radius 1 is 1.43 bits per heavy atom. The predicted molar refractivity (Wildman–Crippen MR) is 81.9 cm³/mol. The van der Waals surface area contributed by atoms with Crippen LogP contribution in [0.5, 0.6) is 0 Å². The number of amides is 2. The minimum Gasteiger partial charge on any atom is -0.351 e. The van der Waals surface area contributed by atoms with E-state index in [9.17, 15) is 9.59 Å². The zero-order chi connectivity index (χ0) is 14.8. The van der Waals surface area contributed by atoms with Gasteiger partial charge in [0, 0.05) is 12.1 Å². The van der Waals surface area contributed by atoms with Crippen LogP contribution in [0, 0.1) is 6.92 Å². The molecule has 108 valence electrons. The van der Waals surface area contributed by atoms with Crippen molar-refractivity contribution in [2.75, 3.05) is 11.9 Å². The molecule has 1 aromatic carbocycles. The van der Waals surface area contributed by atoms with Crippen molar-refractivity contribution in [2.24, 2.45) is 0 Å². The fraction of sp³-hybridized carbons (Fsp3) is 0.267. The number of aromatic nitrogens is 1. The highest BCUT2D eigenvalue weighted by atomic mass is 32.1. The Morgan fingerprint density at radius 2 is 2.29 bits per heavy atom. The van der Waals surface area contributed by atoms with Crippen LogP contribution in [0.1, 0.15) is 37.7 Å². The molecule has 0 bridgehead atoms. The molecule has 0 saturated heterocycles. The van der Waals surface area contributed by atoms with E-state index in [2.05, 4.69) is 15.6 Å². The highest BCUT2D eigenvalue weighted by molar-refractivity contribution is 7.17. The summed E-state index contributed by atoms with van der Waals surface area (Å²) in [5.74, 6) is -0.306. The number of hydrogen-bond donors (Lipinski definition) is 2. The van der Waals surface area contributed by atoms with Gasteiger partial charge in [0.05, 0.1) is 5.69 Å². The largest absolute Gasteiger partial charge is 0.351 e. The number of carbonyl (C=O) groups excluding carboxylic acids is 2. The molecular weight excluding hydrogens is 286 g/mol. The molecule has 0 unspecified atom stereocenters. The van der Waals surface area contributed by atoms with Gasteiger partial charge in [-0.3, -0.25) is 14.9 Å². The third-order valence-electron chi connectivity index (χ3n) is 3.28. The van der Waals surface area contributed by atoms with Crippen molar-refractivity contribution in [3.8, 4) is 0 Å². The van der Waals surface area contributed by atoms with Crippen molar-refractivity contribution in [3.63, 3.8) is 0 Å². The van der Waals surface area contributed by atoms with Crippen LogP contribution in [-0.4, -0.2) is 23.3 Å². The molecule has 21 heavy (non-hydrogen) atoms. The summed E-state index contributed by atoms with van der Waals surface area (Å²) in [6, 6.07) is 7.36. The van der Waals surface area contributed by atoms with Gasteiger partial charge in [-0.05, 0) is 31.9 Å². The van der Waals surface area contributed by atoms with E-state index in [1.54, 1.807) is 6.07 Å². The number of benzene rings is 1. The van der Waals surface area contributed by atoms with Crippen LogP contribution in [0.4, 0.5) is 5.13 Å². The maximum atomic E-state index is 12.2. The zero-order valence-corrected chi connectivity index (χ0v) is 12.4. The lowest BCUT2D eigenvalue weighted by Gasteiger charge is -2.02. The fourth-order valence-corrected chi connectivity index (χ4v) is 3.17. The SMILES string of the molecule is Cc1cccc(C(=O)Nc2nc3c(s2)C(=O)NCCC3)c1. The maximum absolute atomic E-state index is 12.2. The Hall–Kier alpha value is -2.21. The van der Waals surface area contributed by atoms with Gasteiger partial charge in [0.2, 0.25) is 0 Å². The van der Waals surface area contributed by atoms with Gasteiger partial charge >= 0.3 is 0 Å². The number of nitrogens with one attached hydrogen (secondary N) is 2. The molecule has 0 saturated carbocycles. The standard InChI is InChI=1S/C15H15N3O2S/c1-9-4-2-5-10(8-9)13(19)18-15-17-11-6-3-7-16-14(20)12(11)21-15/h2,4-5,8H,3,6-7H2,1H3,(H,16,20)(H,17,18,19). The Morgan fingerprint density at radius 3 is 3.10 bits per heavy atom. The summed E-state index contributed by atoms with van der Waals surface area (Å²) in [5, 5.41) is 6.07. The summed E-state index contributed by atoms with van der Waals surface area (Å²) in [6.07, 6.45) is 1.62. The van der Waals surface area contributed by atoms with E-state index < -0.39 is 0 Å². The smallest absolute Gasteiger partial charge is 0.263 e. The highest BCUT2D eigenvalue weighted by Crippen LogP contribution is 2.26. The van der Waals surface area contributed by atoms with Gasteiger partial charge in [-0.25, -0.2) is 4.98 Å². The second-order valence-corrected chi connectivity index (χ2v) is 5.98. The number of thiazole rings is 1. The lowest BCUT2D eigenvalue weighted by Crippen LogP contribution is -2.21. The molecule has 1 aliphatic rings. The van der Waals surface area contributed by atoms with E-state index in [0.29, 0.717) is 22.1 Å².